The third kappa shape index (κ3) is 2.54. The van der Waals surface area contributed by atoms with Gasteiger partial charge in [0.2, 0.25) is 0 Å². The smallest absolute Gasteiger partial charge is 0.0863 e. The van der Waals surface area contributed by atoms with E-state index in [1.54, 1.807) is 0 Å². The number of hydrogen-bond donors (Lipinski definition) is 0. The van der Waals surface area contributed by atoms with Crippen molar-refractivity contribution in [2.75, 3.05) is 31.6 Å². The molecule has 0 spiro atoms. The Bertz CT molecular complexity index is 641. The fourth-order valence-corrected chi connectivity index (χ4v) is 3.69. The Labute approximate surface area is 131 Å². The van der Waals surface area contributed by atoms with Crippen molar-refractivity contribution in [3.05, 3.63) is 47.3 Å². The van der Waals surface area contributed by atoms with E-state index in [2.05, 4.69) is 45.4 Å². The molecule has 0 N–H and O–H groups in total. The summed E-state index contributed by atoms with van der Waals surface area (Å²) in [5, 5.41) is 8.95. The van der Waals surface area contributed by atoms with Gasteiger partial charge < -0.3 is 9.80 Å². The maximum Gasteiger partial charge on any atom is 0.0863 e. The van der Waals surface area contributed by atoms with E-state index < -0.39 is 0 Å². The molecule has 0 aromatic heterocycles. The highest BCUT2D eigenvalue weighted by molar-refractivity contribution is 5.67. The number of anilines is 1. The van der Waals surface area contributed by atoms with Crippen LogP contribution in [0.1, 0.15) is 24.0 Å². The number of nitrogens with zero attached hydrogens (tertiary/aromatic N) is 4. The molecule has 0 saturated carbocycles. The molecule has 3 aliphatic rings. The number of rotatable bonds is 2. The number of hydrogen-bond acceptors (Lipinski definition) is 4. The molecule has 1 aromatic rings. The van der Waals surface area contributed by atoms with Gasteiger partial charge in [-0.2, -0.15) is 10.2 Å². The van der Waals surface area contributed by atoms with Crippen molar-refractivity contribution in [2.45, 2.75) is 25.7 Å². The Morgan fingerprint density at radius 2 is 1.73 bits per heavy atom. The topological polar surface area (TPSA) is 31.2 Å². The minimum absolute atomic E-state index is 0.825. The largest absolute Gasteiger partial charge is 0.374 e. The van der Waals surface area contributed by atoms with Gasteiger partial charge in [-0.3, -0.25) is 0 Å². The van der Waals surface area contributed by atoms with E-state index in [0.717, 1.165) is 17.9 Å². The average Bonchev–Trinajstić information content (AvgIpc) is 2.54. The van der Waals surface area contributed by atoms with Gasteiger partial charge in [0, 0.05) is 25.8 Å². The maximum absolute atomic E-state index is 4.51. The predicted molar refractivity (Wildman–Crippen MR) is 89.7 cm³/mol. The van der Waals surface area contributed by atoms with Gasteiger partial charge in [-0.15, -0.1) is 0 Å². The van der Waals surface area contributed by atoms with Crippen molar-refractivity contribution in [3.8, 4) is 0 Å². The van der Waals surface area contributed by atoms with E-state index >= 15 is 0 Å². The Balaban J connectivity index is 1.63. The summed E-state index contributed by atoms with van der Waals surface area (Å²) in [6.45, 7) is 3.25. The summed E-state index contributed by atoms with van der Waals surface area (Å²) >= 11 is 0. The summed E-state index contributed by atoms with van der Waals surface area (Å²) < 4.78 is 0. The van der Waals surface area contributed by atoms with Crippen LogP contribution in [0.4, 0.5) is 11.4 Å². The van der Waals surface area contributed by atoms with Crippen molar-refractivity contribution in [2.24, 2.45) is 10.2 Å². The molecule has 3 heterocycles. The van der Waals surface area contributed by atoms with Gasteiger partial charge in [-0.25, -0.2) is 0 Å². The molecular formula is C18H22N4. The lowest BCUT2D eigenvalue weighted by molar-refractivity contribution is 0.486. The van der Waals surface area contributed by atoms with Crippen molar-refractivity contribution in [1.29, 1.82) is 0 Å². The zero-order valence-corrected chi connectivity index (χ0v) is 13.1. The Hall–Kier alpha value is -2.10. The highest BCUT2D eigenvalue weighted by Gasteiger charge is 2.24. The first-order valence-electron chi connectivity index (χ1n) is 8.20. The summed E-state index contributed by atoms with van der Waals surface area (Å²) in [5.41, 5.74) is 6.45. The average molecular weight is 294 g/mol. The second-order valence-electron chi connectivity index (χ2n) is 6.42. The first-order valence-corrected chi connectivity index (χ1v) is 8.20. The normalized spacial score (nSPS) is 20.3. The number of azo groups is 1. The SMILES string of the molecule is CN1C=CC=C(/N=N/c2cc3c4c(c2)CCCN4CCC3)C1. The highest BCUT2D eigenvalue weighted by Crippen LogP contribution is 2.38. The first-order chi connectivity index (χ1) is 10.8. The van der Waals surface area contributed by atoms with Gasteiger partial charge in [0.05, 0.1) is 17.9 Å². The number of benzene rings is 1. The lowest BCUT2D eigenvalue weighted by Gasteiger charge is -2.36. The summed E-state index contributed by atoms with van der Waals surface area (Å²) in [4.78, 5) is 4.67. The second-order valence-corrected chi connectivity index (χ2v) is 6.42. The molecule has 4 rings (SSSR count). The fraction of sp³-hybridized carbons (Fsp3) is 0.444. The number of allylic oxidation sites excluding steroid dienone is 2. The second kappa shape index (κ2) is 5.59. The van der Waals surface area contributed by atoms with Crippen LogP contribution in [0, 0.1) is 0 Å². The van der Waals surface area contributed by atoms with E-state index in [4.69, 9.17) is 0 Å². The van der Waals surface area contributed by atoms with Crippen molar-refractivity contribution in [3.63, 3.8) is 0 Å². The molecule has 4 heteroatoms. The van der Waals surface area contributed by atoms with E-state index in [-0.39, 0.29) is 0 Å². The van der Waals surface area contributed by atoms with E-state index in [1.807, 2.05) is 12.2 Å². The molecule has 0 saturated heterocycles. The highest BCUT2D eigenvalue weighted by atomic mass is 15.2. The van der Waals surface area contributed by atoms with Gasteiger partial charge in [0.15, 0.2) is 0 Å². The van der Waals surface area contributed by atoms with Crippen LogP contribution >= 0.6 is 0 Å². The van der Waals surface area contributed by atoms with Crippen molar-refractivity contribution >= 4 is 11.4 Å². The third-order valence-corrected chi connectivity index (χ3v) is 4.65. The lowest BCUT2D eigenvalue weighted by Crippen LogP contribution is -2.34. The zero-order chi connectivity index (χ0) is 14.9. The van der Waals surface area contributed by atoms with Gasteiger partial charge in [-0.05, 0) is 67.3 Å². The van der Waals surface area contributed by atoms with Crippen LogP contribution in [0.3, 0.4) is 0 Å². The summed E-state index contributed by atoms with van der Waals surface area (Å²) in [6, 6.07) is 4.48. The molecule has 0 atom stereocenters. The summed E-state index contributed by atoms with van der Waals surface area (Å²) in [5.74, 6) is 0. The van der Waals surface area contributed by atoms with Gasteiger partial charge in [0.25, 0.3) is 0 Å². The molecule has 0 bridgehead atoms. The number of aryl methyl sites for hydroxylation is 2. The molecular weight excluding hydrogens is 272 g/mol. The standard InChI is InChI=1S/C18H22N4/c1-21-8-4-7-16(13-21)19-20-17-11-14-5-2-9-22-10-3-6-15(12-17)18(14)22/h4,7-8,11-12H,2-3,5-6,9-10,13H2,1H3/b20-19+. The van der Waals surface area contributed by atoms with Crippen LogP contribution in [0.2, 0.25) is 0 Å². The van der Waals surface area contributed by atoms with Gasteiger partial charge >= 0.3 is 0 Å². The third-order valence-electron chi connectivity index (χ3n) is 4.65. The van der Waals surface area contributed by atoms with E-state index in [9.17, 15) is 0 Å². The quantitative estimate of drug-likeness (QED) is 0.777. The summed E-state index contributed by atoms with van der Waals surface area (Å²) in [7, 11) is 2.05. The minimum Gasteiger partial charge on any atom is -0.374 e. The molecule has 0 amide bonds. The zero-order valence-electron chi connectivity index (χ0n) is 13.1. The predicted octanol–water partition coefficient (Wildman–Crippen LogP) is 3.81. The molecule has 0 unspecified atom stereocenters. The van der Waals surface area contributed by atoms with Crippen LogP contribution < -0.4 is 4.90 Å². The maximum atomic E-state index is 4.51. The monoisotopic (exact) mass is 294 g/mol. The lowest BCUT2D eigenvalue weighted by atomic mass is 9.91. The van der Waals surface area contributed by atoms with E-state index in [1.165, 1.54) is 55.6 Å². The summed E-state index contributed by atoms with van der Waals surface area (Å²) in [6.07, 6.45) is 11.0. The molecule has 22 heavy (non-hydrogen) atoms. The van der Waals surface area contributed by atoms with Gasteiger partial charge in [-0.1, -0.05) is 0 Å². The van der Waals surface area contributed by atoms with Crippen molar-refractivity contribution in [1.82, 2.24) is 4.90 Å². The fourth-order valence-electron chi connectivity index (χ4n) is 3.69. The first kappa shape index (κ1) is 13.6. The minimum atomic E-state index is 0.825. The van der Waals surface area contributed by atoms with Crippen LogP contribution in [0.5, 0.6) is 0 Å². The Morgan fingerprint density at radius 1 is 1.00 bits per heavy atom. The van der Waals surface area contributed by atoms with Crippen LogP contribution in [0.25, 0.3) is 0 Å². The molecule has 114 valence electrons. The Morgan fingerprint density at radius 3 is 2.41 bits per heavy atom. The van der Waals surface area contributed by atoms with Crippen LogP contribution in [-0.4, -0.2) is 31.6 Å². The van der Waals surface area contributed by atoms with Crippen molar-refractivity contribution < 1.29 is 0 Å². The molecule has 1 aromatic carbocycles. The molecule has 0 radical (unpaired) electrons. The van der Waals surface area contributed by atoms with Crippen LogP contribution in [0.15, 0.2) is 46.4 Å². The molecule has 4 nitrogen and oxygen atoms in total. The Kier molecular flexibility index (Phi) is 3.45. The van der Waals surface area contributed by atoms with Gasteiger partial charge in [0.1, 0.15) is 0 Å². The van der Waals surface area contributed by atoms with E-state index in [0.29, 0.717) is 0 Å². The molecule has 3 aliphatic heterocycles. The molecule has 0 fully saturated rings. The van der Waals surface area contributed by atoms with Crippen LogP contribution in [-0.2, 0) is 12.8 Å². The molecule has 0 aliphatic carbocycles. The number of likely N-dealkylation sites (N-methyl/N-ethyl adjacent to an activating group) is 1.